The van der Waals surface area contributed by atoms with Gasteiger partial charge in [0.1, 0.15) is 21.6 Å². The minimum atomic E-state index is -0.0372. The summed E-state index contributed by atoms with van der Waals surface area (Å²) in [7, 11) is 1.83. The van der Waals surface area contributed by atoms with E-state index in [0.29, 0.717) is 28.7 Å². The van der Waals surface area contributed by atoms with Crippen molar-refractivity contribution in [2.24, 2.45) is 0 Å². The lowest BCUT2D eigenvalue weighted by Gasteiger charge is -2.11. The Morgan fingerprint density at radius 1 is 1.52 bits per heavy atom. The van der Waals surface area contributed by atoms with Crippen molar-refractivity contribution in [3.05, 3.63) is 39.0 Å². The maximum Gasteiger partial charge on any atom is 0.124 e. The molecule has 2 rings (SSSR count). The number of thiazole rings is 1. The van der Waals surface area contributed by atoms with Gasteiger partial charge >= 0.3 is 0 Å². The maximum absolute atomic E-state index is 8.93. The molecule has 110 valence electrons. The predicted molar refractivity (Wildman–Crippen MR) is 88.1 cm³/mol. The maximum atomic E-state index is 8.93. The summed E-state index contributed by atoms with van der Waals surface area (Å²) in [5, 5.41) is 28.0. The van der Waals surface area contributed by atoms with Gasteiger partial charge in [-0.25, -0.2) is 4.98 Å². The van der Waals surface area contributed by atoms with Gasteiger partial charge in [-0.05, 0) is 17.4 Å². The quantitative estimate of drug-likeness (QED) is 0.490. The van der Waals surface area contributed by atoms with Crippen molar-refractivity contribution in [3.63, 3.8) is 0 Å². The largest absolute Gasteiger partial charge is 0.389 e. The molecule has 1 aromatic heterocycles. The summed E-state index contributed by atoms with van der Waals surface area (Å²) in [6, 6.07) is 0. The van der Waals surface area contributed by atoms with Crippen LogP contribution in [0.15, 0.2) is 28.3 Å². The van der Waals surface area contributed by atoms with Gasteiger partial charge in [0.15, 0.2) is 0 Å². The first kappa shape index (κ1) is 15.6. The van der Waals surface area contributed by atoms with Gasteiger partial charge in [-0.3, -0.25) is 5.41 Å². The molecule has 1 aromatic rings. The number of allylic oxidation sites excluding steroid dienone is 1. The third-order valence-corrected chi connectivity index (χ3v) is 4.20. The Balaban J connectivity index is 1.84. The number of hydrogen-bond donors (Lipinski definition) is 4. The zero-order valence-corrected chi connectivity index (χ0v) is 13.2. The standard InChI is InChI=1S/C14H16N4OS2/c1-16-14(11-5-7-20-13(11)15)17-6-3-2-4-10-9-21-12(8-19)18-10/h5,7,9,15-17,19H,3,6,8H2,1H3/b14-11+,15-13?. The van der Waals surface area contributed by atoms with E-state index in [9.17, 15) is 0 Å². The second-order valence-electron chi connectivity index (χ2n) is 4.05. The molecule has 0 aromatic carbocycles. The zero-order valence-electron chi connectivity index (χ0n) is 11.6. The van der Waals surface area contributed by atoms with Gasteiger partial charge in [-0.2, -0.15) is 0 Å². The molecule has 0 saturated carbocycles. The van der Waals surface area contributed by atoms with Crippen LogP contribution >= 0.6 is 23.1 Å². The molecule has 0 saturated heterocycles. The monoisotopic (exact) mass is 320 g/mol. The van der Waals surface area contributed by atoms with Crippen molar-refractivity contribution in [2.75, 3.05) is 13.6 Å². The normalized spacial score (nSPS) is 15.6. The SMILES string of the molecule is CN/C(NCCC#Cc1csc(CO)n1)=C1/C=CSC1=N. The topological polar surface area (TPSA) is 81.0 Å². The van der Waals surface area contributed by atoms with Gasteiger partial charge in [0.05, 0.1) is 6.61 Å². The molecule has 5 nitrogen and oxygen atoms in total. The fraction of sp³-hybridized carbons (Fsp3) is 0.286. The number of thioether (sulfide) groups is 1. The van der Waals surface area contributed by atoms with Gasteiger partial charge in [-0.15, -0.1) is 11.3 Å². The van der Waals surface area contributed by atoms with Crippen LogP contribution in [-0.2, 0) is 6.61 Å². The van der Waals surface area contributed by atoms with E-state index in [0.717, 1.165) is 11.4 Å². The zero-order chi connectivity index (χ0) is 15.1. The van der Waals surface area contributed by atoms with E-state index in [1.807, 2.05) is 23.9 Å². The third kappa shape index (κ3) is 4.36. The summed E-state index contributed by atoms with van der Waals surface area (Å²) in [5.41, 5.74) is 1.58. The number of aliphatic hydroxyl groups excluding tert-OH is 1. The smallest absolute Gasteiger partial charge is 0.124 e. The fourth-order valence-electron chi connectivity index (χ4n) is 1.67. The van der Waals surface area contributed by atoms with Crippen LogP contribution < -0.4 is 10.6 Å². The van der Waals surface area contributed by atoms with E-state index in [1.165, 1.54) is 23.1 Å². The summed E-state index contributed by atoms with van der Waals surface area (Å²) in [4.78, 5) is 4.16. The van der Waals surface area contributed by atoms with Crippen molar-refractivity contribution < 1.29 is 5.11 Å². The number of hydrogen-bond acceptors (Lipinski definition) is 7. The Morgan fingerprint density at radius 3 is 3.00 bits per heavy atom. The Kier molecular flexibility index (Phi) is 5.87. The van der Waals surface area contributed by atoms with Crippen molar-refractivity contribution in [2.45, 2.75) is 13.0 Å². The Hall–Kier alpha value is -1.75. The molecular formula is C14H16N4OS2. The van der Waals surface area contributed by atoms with E-state index in [2.05, 4.69) is 27.5 Å². The average molecular weight is 320 g/mol. The second-order valence-corrected chi connectivity index (χ2v) is 5.91. The van der Waals surface area contributed by atoms with Crippen molar-refractivity contribution in [1.82, 2.24) is 15.6 Å². The highest BCUT2D eigenvalue weighted by molar-refractivity contribution is 8.17. The third-order valence-electron chi connectivity index (χ3n) is 2.64. The lowest BCUT2D eigenvalue weighted by Crippen LogP contribution is -2.26. The van der Waals surface area contributed by atoms with E-state index in [4.69, 9.17) is 10.5 Å². The van der Waals surface area contributed by atoms with Crippen molar-refractivity contribution in [3.8, 4) is 11.8 Å². The summed E-state index contributed by atoms with van der Waals surface area (Å²) in [6.45, 7) is 0.653. The number of nitrogens with one attached hydrogen (secondary N) is 3. The van der Waals surface area contributed by atoms with E-state index >= 15 is 0 Å². The molecule has 0 radical (unpaired) electrons. The molecule has 0 fully saturated rings. The Labute approximate surface area is 132 Å². The summed E-state index contributed by atoms with van der Waals surface area (Å²) >= 11 is 2.81. The summed E-state index contributed by atoms with van der Waals surface area (Å²) in [5.74, 6) is 6.86. The molecule has 0 aliphatic carbocycles. The van der Waals surface area contributed by atoms with Crippen LogP contribution in [0.25, 0.3) is 0 Å². The lowest BCUT2D eigenvalue weighted by atomic mass is 10.2. The summed E-state index contributed by atoms with van der Waals surface area (Å²) in [6.07, 6.45) is 2.60. The lowest BCUT2D eigenvalue weighted by molar-refractivity contribution is 0.281. The van der Waals surface area contributed by atoms with Crippen LogP contribution in [0.1, 0.15) is 17.1 Å². The van der Waals surface area contributed by atoms with Crippen LogP contribution in [0.2, 0.25) is 0 Å². The molecule has 21 heavy (non-hydrogen) atoms. The minimum Gasteiger partial charge on any atom is -0.389 e. The van der Waals surface area contributed by atoms with E-state index in [1.54, 1.807) is 0 Å². The molecule has 7 heteroatoms. The van der Waals surface area contributed by atoms with Gasteiger partial charge in [-0.1, -0.05) is 17.7 Å². The first-order chi connectivity index (χ1) is 10.2. The highest BCUT2D eigenvalue weighted by atomic mass is 32.2. The van der Waals surface area contributed by atoms with Gasteiger partial charge in [0.25, 0.3) is 0 Å². The van der Waals surface area contributed by atoms with Crippen molar-refractivity contribution >= 4 is 28.1 Å². The van der Waals surface area contributed by atoms with E-state index < -0.39 is 0 Å². The number of rotatable bonds is 5. The van der Waals surface area contributed by atoms with Gasteiger partial charge < -0.3 is 15.7 Å². The van der Waals surface area contributed by atoms with Crippen LogP contribution in [-0.4, -0.2) is 28.7 Å². The first-order valence-electron chi connectivity index (χ1n) is 6.36. The van der Waals surface area contributed by atoms with Crippen LogP contribution in [0.5, 0.6) is 0 Å². The molecule has 1 aliphatic heterocycles. The van der Waals surface area contributed by atoms with Gasteiger partial charge in [0.2, 0.25) is 0 Å². The number of nitrogens with zero attached hydrogens (tertiary/aromatic N) is 1. The predicted octanol–water partition coefficient (Wildman–Crippen LogP) is 1.64. The Bertz CT molecular complexity index is 637. The number of aromatic nitrogens is 1. The minimum absolute atomic E-state index is 0.0372. The van der Waals surface area contributed by atoms with Crippen LogP contribution in [0.3, 0.4) is 0 Å². The molecular weight excluding hydrogens is 304 g/mol. The second kappa shape index (κ2) is 7.88. The molecule has 0 bridgehead atoms. The molecule has 0 amide bonds. The molecule has 0 unspecified atom stereocenters. The van der Waals surface area contributed by atoms with Gasteiger partial charge in [0, 0.05) is 31.0 Å². The van der Waals surface area contributed by atoms with Crippen LogP contribution in [0.4, 0.5) is 0 Å². The highest BCUT2D eigenvalue weighted by Gasteiger charge is 2.12. The molecule has 1 aliphatic rings. The fourth-order valence-corrected chi connectivity index (χ4v) is 2.89. The summed E-state index contributed by atoms with van der Waals surface area (Å²) < 4.78 is 0. The highest BCUT2D eigenvalue weighted by Crippen LogP contribution is 2.23. The van der Waals surface area contributed by atoms with Crippen LogP contribution in [0, 0.1) is 17.3 Å². The van der Waals surface area contributed by atoms with Crippen molar-refractivity contribution in [1.29, 1.82) is 5.41 Å². The Morgan fingerprint density at radius 2 is 2.38 bits per heavy atom. The van der Waals surface area contributed by atoms with E-state index in [-0.39, 0.29) is 6.61 Å². The first-order valence-corrected chi connectivity index (χ1v) is 8.12. The number of aliphatic hydroxyl groups is 1. The molecule has 2 heterocycles. The molecule has 0 atom stereocenters. The molecule has 4 N–H and O–H groups in total. The average Bonchev–Trinajstić information content (AvgIpc) is 3.12. The molecule has 0 spiro atoms.